The molecule has 0 bridgehead atoms. The van der Waals surface area contributed by atoms with Crippen molar-refractivity contribution in [2.45, 2.75) is 26.0 Å². The van der Waals surface area contributed by atoms with Gasteiger partial charge in [0.25, 0.3) is 0 Å². The Balaban J connectivity index is 2.29. The number of aromatic nitrogens is 2. The topological polar surface area (TPSA) is 61.0 Å². The summed E-state index contributed by atoms with van der Waals surface area (Å²) in [6.07, 6.45) is 5.93. The lowest BCUT2D eigenvalue weighted by atomic mass is 10.0. The number of rotatable bonds is 4. The Hall–Kier alpha value is -2.01. The Morgan fingerprint density at radius 3 is 2.68 bits per heavy atom. The molecule has 5 heteroatoms. The predicted molar refractivity (Wildman–Crippen MR) is 70.2 cm³/mol. The molecule has 4 nitrogen and oxygen atoms in total. The molecule has 2 rings (SSSR count). The van der Waals surface area contributed by atoms with Gasteiger partial charge in [0.05, 0.1) is 24.5 Å². The van der Waals surface area contributed by atoms with E-state index in [1.807, 2.05) is 13.8 Å². The molecule has 0 aliphatic carbocycles. The van der Waals surface area contributed by atoms with Crippen LogP contribution in [-0.4, -0.2) is 16.1 Å². The lowest BCUT2D eigenvalue weighted by Crippen LogP contribution is -2.15. The second kappa shape index (κ2) is 5.75. The van der Waals surface area contributed by atoms with Gasteiger partial charge in [-0.05, 0) is 31.5 Å². The van der Waals surface area contributed by atoms with Gasteiger partial charge < -0.3 is 10.5 Å². The van der Waals surface area contributed by atoms with E-state index in [0.717, 1.165) is 6.20 Å². The molecular formula is C14H16FN3O. The molecule has 0 fully saturated rings. The fourth-order valence-electron chi connectivity index (χ4n) is 1.76. The van der Waals surface area contributed by atoms with Crippen molar-refractivity contribution in [1.29, 1.82) is 0 Å². The molecule has 19 heavy (non-hydrogen) atoms. The molecule has 2 aromatic rings. The van der Waals surface area contributed by atoms with E-state index in [9.17, 15) is 4.39 Å². The van der Waals surface area contributed by atoms with Crippen molar-refractivity contribution >= 4 is 0 Å². The summed E-state index contributed by atoms with van der Waals surface area (Å²) in [4.78, 5) is 7.78. The Morgan fingerprint density at radius 2 is 2.00 bits per heavy atom. The van der Waals surface area contributed by atoms with Crippen LogP contribution in [0.5, 0.6) is 5.75 Å². The van der Waals surface area contributed by atoms with Gasteiger partial charge in [-0.15, -0.1) is 0 Å². The standard InChI is InChI=1S/C14H16FN3O/c1-9(2)19-11-5-10(6-18-7-11)14(16)12-3-4-17-8-13(12)15/h3-9,14H,16H2,1-2H3. The molecule has 2 N–H and O–H groups in total. The highest BCUT2D eigenvalue weighted by Gasteiger charge is 2.14. The molecule has 0 aromatic carbocycles. The molecule has 0 spiro atoms. The average Bonchev–Trinajstić information content (AvgIpc) is 2.38. The van der Waals surface area contributed by atoms with Crippen molar-refractivity contribution in [1.82, 2.24) is 9.97 Å². The first-order chi connectivity index (χ1) is 9.08. The second-order valence-corrected chi connectivity index (χ2v) is 4.50. The van der Waals surface area contributed by atoms with Crippen LogP contribution in [0.4, 0.5) is 4.39 Å². The Kier molecular flexibility index (Phi) is 4.06. The number of hydrogen-bond acceptors (Lipinski definition) is 4. The first-order valence-electron chi connectivity index (χ1n) is 6.04. The largest absolute Gasteiger partial charge is 0.489 e. The van der Waals surface area contributed by atoms with E-state index in [0.29, 0.717) is 16.9 Å². The predicted octanol–water partition coefficient (Wildman–Crippen LogP) is 2.45. The summed E-state index contributed by atoms with van der Waals surface area (Å²) in [5.74, 6) is 0.197. The minimum Gasteiger partial charge on any atom is -0.489 e. The van der Waals surface area contributed by atoms with Gasteiger partial charge in [-0.3, -0.25) is 9.97 Å². The molecule has 0 saturated heterocycles. The zero-order valence-electron chi connectivity index (χ0n) is 10.9. The van der Waals surface area contributed by atoms with Crippen LogP contribution in [0.3, 0.4) is 0 Å². The summed E-state index contributed by atoms with van der Waals surface area (Å²) >= 11 is 0. The highest BCUT2D eigenvalue weighted by molar-refractivity contribution is 5.33. The number of nitrogens with zero attached hydrogens (tertiary/aromatic N) is 2. The van der Waals surface area contributed by atoms with Crippen molar-refractivity contribution < 1.29 is 9.13 Å². The van der Waals surface area contributed by atoms with E-state index >= 15 is 0 Å². The third-order valence-corrected chi connectivity index (χ3v) is 2.60. The van der Waals surface area contributed by atoms with Gasteiger partial charge in [-0.2, -0.15) is 0 Å². The molecule has 0 aliphatic rings. The Labute approximate surface area is 111 Å². The number of nitrogens with two attached hydrogens (primary N) is 1. The van der Waals surface area contributed by atoms with Crippen LogP contribution in [-0.2, 0) is 0 Å². The van der Waals surface area contributed by atoms with Crippen LogP contribution < -0.4 is 10.5 Å². The van der Waals surface area contributed by atoms with Gasteiger partial charge >= 0.3 is 0 Å². The minimum absolute atomic E-state index is 0.0472. The number of halogens is 1. The maximum absolute atomic E-state index is 13.6. The van der Waals surface area contributed by atoms with Crippen LogP contribution in [0.15, 0.2) is 36.9 Å². The number of ether oxygens (including phenoxy) is 1. The van der Waals surface area contributed by atoms with Crippen molar-refractivity contribution in [3.63, 3.8) is 0 Å². The molecule has 2 aromatic heterocycles. The van der Waals surface area contributed by atoms with E-state index in [4.69, 9.17) is 10.5 Å². The second-order valence-electron chi connectivity index (χ2n) is 4.50. The maximum Gasteiger partial charge on any atom is 0.146 e. The quantitative estimate of drug-likeness (QED) is 0.918. The summed E-state index contributed by atoms with van der Waals surface area (Å²) < 4.78 is 19.2. The highest BCUT2D eigenvalue weighted by atomic mass is 19.1. The van der Waals surface area contributed by atoms with E-state index in [-0.39, 0.29) is 6.10 Å². The third-order valence-electron chi connectivity index (χ3n) is 2.60. The van der Waals surface area contributed by atoms with E-state index in [1.54, 1.807) is 24.5 Å². The summed E-state index contributed by atoms with van der Waals surface area (Å²) in [5, 5.41) is 0. The first-order valence-corrected chi connectivity index (χ1v) is 6.04. The van der Waals surface area contributed by atoms with Gasteiger partial charge in [0.2, 0.25) is 0 Å². The fraction of sp³-hybridized carbons (Fsp3) is 0.286. The smallest absolute Gasteiger partial charge is 0.146 e. The molecule has 100 valence electrons. The van der Waals surface area contributed by atoms with Gasteiger partial charge in [0.1, 0.15) is 11.6 Å². The third kappa shape index (κ3) is 3.26. The van der Waals surface area contributed by atoms with Gasteiger partial charge in [-0.1, -0.05) is 0 Å². The van der Waals surface area contributed by atoms with Crippen molar-refractivity contribution in [2.75, 3.05) is 0 Å². The molecule has 0 aliphatic heterocycles. The van der Waals surface area contributed by atoms with Gasteiger partial charge in [-0.25, -0.2) is 4.39 Å². The molecule has 0 radical (unpaired) electrons. The molecule has 0 amide bonds. The summed E-state index contributed by atoms with van der Waals surface area (Å²) in [5.41, 5.74) is 7.14. The molecule has 1 unspecified atom stereocenters. The summed E-state index contributed by atoms with van der Waals surface area (Å²) in [6.45, 7) is 3.85. The number of pyridine rings is 2. The zero-order chi connectivity index (χ0) is 13.8. The van der Waals surface area contributed by atoms with Crippen molar-refractivity contribution in [3.05, 3.63) is 53.9 Å². The summed E-state index contributed by atoms with van der Waals surface area (Å²) in [7, 11) is 0. The highest BCUT2D eigenvalue weighted by Crippen LogP contribution is 2.24. The van der Waals surface area contributed by atoms with Crippen LogP contribution in [0.1, 0.15) is 31.0 Å². The normalized spacial score (nSPS) is 12.5. The van der Waals surface area contributed by atoms with Crippen molar-refractivity contribution in [3.8, 4) is 5.75 Å². The maximum atomic E-state index is 13.6. The van der Waals surface area contributed by atoms with E-state index in [2.05, 4.69) is 9.97 Å². The van der Waals surface area contributed by atoms with Crippen molar-refractivity contribution in [2.24, 2.45) is 5.73 Å². The van der Waals surface area contributed by atoms with Crippen LogP contribution in [0.2, 0.25) is 0 Å². The Bertz CT molecular complexity index is 560. The lowest BCUT2D eigenvalue weighted by Gasteiger charge is -2.15. The van der Waals surface area contributed by atoms with Crippen LogP contribution >= 0.6 is 0 Å². The number of hydrogen-bond donors (Lipinski definition) is 1. The Morgan fingerprint density at radius 1 is 1.21 bits per heavy atom. The molecule has 2 heterocycles. The zero-order valence-corrected chi connectivity index (χ0v) is 10.9. The van der Waals surface area contributed by atoms with Gasteiger partial charge in [0, 0.05) is 18.0 Å². The van der Waals surface area contributed by atoms with Gasteiger partial charge in [0.15, 0.2) is 0 Å². The minimum atomic E-state index is -0.591. The monoisotopic (exact) mass is 261 g/mol. The molecule has 0 saturated carbocycles. The van der Waals surface area contributed by atoms with Crippen LogP contribution in [0.25, 0.3) is 0 Å². The fourth-order valence-corrected chi connectivity index (χ4v) is 1.76. The SMILES string of the molecule is CC(C)Oc1cncc(C(N)c2ccncc2F)c1. The molecule has 1 atom stereocenters. The first kappa shape index (κ1) is 13.4. The lowest BCUT2D eigenvalue weighted by molar-refractivity contribution is 0.241. The van der Waals surface area contributed by atoms with Crippen LogP contribution in [0, 0.1) is 5.82 Å². The van der Waals surface area contributed by atoms with E-state index < -0.39 is 11.9 Å². The summed E-state index contributed by atoms with van der Waals surface area (Å²) in [6, 6.07) is 2.75. The average molecular weight is 261 g/mol. The van der Waals surface area contributed by atoms with E-state index in [1.165, 1.54) is 6.20 Å². The molecular weight excluding hydrogens is 245 g/mol.